The second-order valence-electron chi connectivity index (χ2n) is 5.81. The number of imidazole rings is 1. The molecule has 0 spiro atoms. The van der Waals surface area contributed by atoms with Gasteiger partial charge in [-0.1, -0.05) is 23.9 Å². The van der Waals surface area contributed by atoms with Gasteiger partial charge in [-0.3, -0.25) is 9.36 Å². The number of nitrogens with one attached hydrogen (secondary N) is 1. The van der Waals surface area contributed by atoms with Crippen molar-refractivity contribution in [3.63, 3.8) is 0 Å². The summed E-state index contributed by atoms with van der Waals surface area (Å²) in [6, 6.07) is 14.1. The van der Waals surface area contributed by atoms with Crippen LogP contribution < -0.4 is 10.2 Å². The highest BCUT2D eigenvalue weighted by Gasteiger charge is 2.18. The van der Waals surface area contributed by atoms with Gasteiger partial charge >= 0.3 is 6.55 Å². The van der Waals surface area contributed by atoms with Gasteiger partial charge in [0.2, 0.25) is 5.91 Å². The number of halogens is 2. The van der Waals surface area contributed by atoms with Crippen LogP contribution in [0, 0.1) is 0 Å². The molecule has 0 aliphatic carbocycles. The SMILES string of the molecule is CN(C)c1ccc(NC(=O)CSc2nc3ccccc3n2C(F)F)cc1. The van der Waals surface area contributed by atoms with E-state index in [2.05, 4.69) is 10.3 Å². The Morgan fingerprint density at radius 1 is 1.19 bits per heavy atom. The molecular weight excluding hydrogens is 358 g/mol. The summed E-state index contributed by atoms with van der Waals surface area (Å²) in [4.78, 5) is 18.3. The summed E-state index contributed by atoms with van der Waals surface area (Å²) < 4.78 is 27.6. The second kappa shape index (κ2) is 7.74. The van der Waals surface area contributed by atoms with Gasteiger partial charge in [0.05, 0.1) is 16.8 Å². The largest absolute Gasteiger partial charge is 0.378 e. The van der Waals surface area contributed by atoms with Crippen molar-refractivity contribution in [1.29, 1.82) is 0 Å². The van der Waals surface area contributed by atoms with Gasteiger partial charge in [-0.05, 0) is 36.4 Å². The van der Waals surface area contributed by atoms with Crippen LogP contribution in [0.1, 0.15) is 6.55 Å². The lowest BCUT2D eigenvalue weighted by molar-refractivity contribution is -0.113. The van der Waals surface area contributed by atoms with E-state index in [1.807, 2.05) is 31.1 Å². The molecular formula is C18H18F2N4OS. The quantitative estimate of drug-likeness (QED) is 0.654. The Kier molecular flexibility index (Phi) is 5.41. The molecule has 2 aromatic carbocycles. The van der Waals surface area contributed by atoms with Crippen LogP contribution in [-0.2, 0) is 4.79 Å². The van der Waals surface area contributed by atoms with E-state index in [1.54, 1.807) is 36.4 Å². The van der Waals surface area contributed by atoms with Crippen molar-refractivity contribution in [2.24, 2.45) is 0 Å². The molecule has 0 radical (unpaired) electrons. The van der Waals surface area contributed by atoms with Gasteiger partial charge in [0.25, 0.3) is 0 Å². The number of carbonyl (C=O) groups excluding carboxylic acids is 1. The van der Waals surface area contributed by atoms with Crippen LogP contribution >= 0.6 is 11.8 Å². The van der Waals surface area contributed by atoms with Gasteiger partial charge in [0, 0.05) is 25.5 Å². The third kappa shape index (κ3) is 3.96. The summed E-state index contributed by atoms with van der Waals surface area (Å²) in [5, 5.41) is 2.88. The fourth-order valence-corrected chi connectivity index (χ4v) is 3.30. The van der Waals surface area contributed by atoms with E-state index >= 15 is 0 Å². The normalized spacial score (nSPS) is 11.1. The molecule has 3 aromatic rings. The van der Waals surface area contributed by atoms with Crippen LogP contribution in [0.4, 0.5) is 20.2 Å². The number of hydrogen-bond acceptors (Lipinski definition) is 4. The van der Waals surface area contributed by atoms with Crippen molar-refractivity contribution >= 4 is 40.1 Å². The first-order valence-corrected chi connectivity index (χ1v) is 8.89. The Morgan fingerprint density at radius 2 is 1.88 bits per heavy atom. The predicted molar refractivity (Wildman–Crippen MR) is 101 cm³/mol. The van der Waals surface area contributed by atoms with Gasteiger partial charge in [-0.25, -0.2) is 4.98 Å². The van der Waals surface area contributed by atoms with Crippen LogP contribution in [0.25, 0.3) is 11.0 Å². The molecule has 0 bridgehead atoms. The molecule has 3 rings (SSSR count). The minimum atomic E-state index is -2.72. The molecule has 1 heterocycles. The highest BCUT2D eigenvalue weighted by atomic mass is 32.2. The van der Waals surface area contributed by atoms with Gasteiger partial charge in [0.15, 0.2) is 5.16 Å². The molecule has 0 saturated heterocycles. The Labute approximate surface area is 154 Å². The van der Waals surface area contributed by atoms with E-state index in [4.69, 9.17) is 0 Å². The van der Waals surface area contributed by atoms with Crippen LogP contribution in [0.15, 0.2) is 53.7 Å². The highest BCUT2D eigenvalue weighted by molar-refractivity contribution is 7.99. The average molecular weight is 376 g/mol. The van der Waals surface area contributed by atoms with E-state index in [-0.39, 0.29) is 16.8 Å². The summed E-state index contributed by atoms with van der Waals surface area (Å²) in [6.07, 6.45) is 0. The molecule has 8 heteroatoms. The number of aromatic nitrogens is 2. The number of carbonyl (C=O) groups is 1. The van der Waals surface area contributed by atoms with E-state index in [1.165, 1.54) is 0 Å². The Bertz CT molecular complexity index is 909. The summed E-state index contributed by atoms with van der Waals surface area (Å²) in [6.45, 7) is -2.72. The molecule has 0 unspecified atom stereocenters. The Hall–Kier alpha value is -2.61. The second-order valence-corrected chi connectivity index (χ2v) is 6.75. The molecule has 136 valence electrons. The van der Waals surface area contributed by atoms with Crippen molar-refractivity contribution in [3.8, 4) is 0 Å². The molecule has 0 atom stereocenters. The fraction of sp³-hybridized carbons (Fsp3) is 0.222. The number of para-hydroxylation sites is 2. The van der Waals surface area contributed by atoms with Gasteiger partial charge in [-0.2, -0.15) is 8.78 Å². The average Bonchev–Trinajstić information content (AvgIpc) is 2.99. The lowest BCUT2D eigenvalue weighted by atomic mass is 10.2. The van der Waals surface area contributed by atoms with Gasteiger partial charge in [0.1, 0.15) is 0 Å². The number of anilines is 2. The van der Waals surface area contributed by atoms with Crippen molar-refractivity contribution in [1.82, 2.24) is 9.55 Å². The molecule has 0 saturated carbocycles. The molecule has 1 N–H and O–H groups in total. The van der Waals surface area contributed by atoms with Crippen molar-refractivity contribution in [3.05, 3.63) is 48.5 Å². The van der Waals surface area contributed by atoms with Crippen LogP contribution in [-0.4, -0.2) is 35.3 Å². The Morgan fingerprint density at radius 3 is 2.54 bits per heavy atom. The molecule has 26 heavy (non-hydrogen) atoms. The number of alkyl halides is 2. The van der Waals surface area contributed by atoms with Crippen LogP contribution in [0.5, 0.6) is 0 Å². The monoisotopic (exact) mass is 376 g/mol. The smallest absolute Gasteiger partial charge is 0.321 e. The standard InChI is InChI=1S/C18H18F2N4OS/c1-23(2)13-9-7-12(8-10-13)21-16(25)11-26-18-22-14-5-3-4-6-15(14)24(18)17(19)20/h3-10,17H,11H2,1-2H3,(H,21,25). The van der Waals surface area contributed by atoms with Crippen LogP contribution in [0.3, 0.4) is 0 Å². The predicted octanol–water partition coefficient (Wildman–Crippen LogP) is 4.23. The number of thioether (sulfide) groups is 1. The molecule has 5 nitrogen and oxygen atoms in total. The maximum absolute atomic E-state index is 13.4. The molecule has 1 aromatic heterocycles. The van der Waals surface area contributed by atoms with Gasteiger partial charge in [-0.15, -0.1) is 0 Å². The minimum absolute atomic E-state index is 0.00846. The molecule has 1 amide bonds. The van der Waals surface area contributed by atoms with Crippen molar-refractivity contribution in [2.75, 3.05) is 30.1 Å². The third-order valence-corrected chi connectivity index (χ3v) is 4.71. The van der Waals surface area contributed by atoms with E-state index in [0.717, 1.165) is 22.0 Å². The summed E-state index contributed by atoms with van der Waals surface area (Å²) in [5.41, 5.74) is 2.51. The Balaban J connectivity index is 1.68. The number of benzene rings is 2. The molecule has 0 aliphatic rings. The zero-order chi connectivity index (χ0) is 18.7. The zero-order valence-electron chi connectivity index (χ0n) is 14.3. The van der Waals surface area contributed by atoms with E-state index in [9.17, 15) is 13.6 Å². The van der Waals surface area contributed by atoms with Crippen LogP contribution in [0.2, 0.25) is 0 Å². The van der Waals surface area contributed by atoms with Gasteiger partial charge < -0.3 is 10.2 Å². The van der Waals surface area contributed by atoms with E-state index in [0.29, 0.717) is 16.7 Å². The number of fused-ring (bicyclic) bond motifs is 1. The van der Waals surface area contributed by atoms with Crippen molar-refractivity contribution in [2.45, 2.75) is 11.7 Å². The number of rotatable bonds is 6. The minimum Gasteiger partial charge on any atom is -0.378 e. The maximum atomic E-state index is 13.4. The number of hydrogen-bond donors (Lipinski definition) is 1. The zero-order valence-corrected chi connectivity index (χ0v) is 15.1. The first-order valence-electron chi connectivity index (χ1n) is 7.91. The summed E-state index contributed by atoms with van der Waals surface area (Å²) in [7, 11) is 3.86. The topological polar surface area (TPSA) is 50.2 Å². The van der Waals surface area contributed by atoms with E-state index < -0.39 is 6.55 Å². The lowest BCUT2D eigenvalue weighted by Crippen LogP contribution is -2.15. The molecule has 0 fully saturated rings. The fourth-order valence-electron chi connectivity index (χ4n) is 2.48. The summed E-state index contributed by atoms with van der Waals surface area (Å²) in [5.74, 6) is -0.286. The lowest BCUT2D eigenvalue weighted by Gasteiger charge is -2.13. The first-order chi connectivity index (χ1) is 12.5. The third-order valence-electron chi connectivity index (χ3n) is 3.76. The summed E-state index contributed by atoms with van der Waals surface area (Å²) >= 11 is 0.988. The number of nitrogens with zero attached hydrogens (tertiary/aromatic N) is 3. The first kappa shape index (κ1) is 18.2. The number of amides is 1. The van der Waals surface area contributed by atoms with Crippen molar-refractivity contribution < 1.29 is 13.6 Å². The highest BCUT2D eigenvalue weighted by Crippen LogP contribution is 2.29. The maximum Gasteiger partial charge on any atom is 0.321 e. The molecule has 0 aliphatic heterocycles.